The molecule has 4 nitrogen and oxygen atoms in total. The molecule has 1 aliphatic heterocycles. The van der Waals surface area contributed by atoms with Crippen molar-refractivity contribution < 1.29 is 4.39 Å². The van der Waals surface area contributed by atoms with Crippen LogP contribution in [-0.2, 0) is 5.75 Å². The van der Waals surface area contributed by atoms with Gasteiger partial charge in [0.2, 0.25) is 5.17 Å². The quantitative estimate of drug-likeness (QED) is 0.873. The van der Waals surface area contributed by atoms with Crippen molar-refractivity contribution in [3.63, 3.8) is 0 Å². The van der Waals surface area contributed by atoms with Crippen LogP contribution in [0.1, 0.15) is 16.7 Å². The van der Waals surface area contributed by atoms with E-state index in [1.165, 1.54) is 23.4 Å². The van der Waals surface area contributed by atoms with Gasteiger partial charge in [-0.25, -0.2) is 14.9 Å². The van der Waals surface area contributed by atoms with Gasteiger partial charge in [-0.15, -0.1) is 10.6 Å². The van der Waals surface area contributed by atoms with E-state index in [1.807, 2.05) is 17.1 Å². The Bertz CT molecular complexity index is 745. The lowest BCUT2D eigenvalue weighted by molar-refractivity contribution is 0.617. The predicted molar refractivity (Wildman–Crippen MR) is 94.8 cm³/mol. The van der Waals surface area contributed by atoms with Crippen LogP contribution in [0.2, 0.25) is 5.02 Å². The number of hydrogen-bond acceptors (Lipinski definition) is 5. The van der Waals surface area contributed by atoms with Crippen LogP contribution in [0.25, 0.3) is 0 Å². The van der Waals surface area contributed by atoms with E-state index in [1.54, 1.807) is 12.1 Å². The fourth-order valence-corrected chi connectivity index (χ4v) is 3.52. The Morgan fingerprint density at radius 1 is 1.22 bits per heavy atom. The van der Waals surface area contributed by atoms with Gasteiger partial charge in [-0.2, -0.15) is 0 Å². The molecule has 0 radical (unpaired) electrons. The topological polar surface area (TPSA) is 39.7 Å². The van der Waals surface area contributed by atoms with Gasteiger partial charge in [-0.3, -0.25) is 0 Å². The molecule has 0 bridgehead atoms. The summed E-state index contributed by atoms with van der Waals surface area (Å²) in [5, 5.41) is 7.20. The van der Waals surface area contributed by atoms with Crippen molar-refractivity contribution in [2.75, 3.05) is 5.01 Å². The van der Waals surface area contributed by atoms with Crippen LogP contribution in [0, 0.1) is 19.7 Å². The van der Waals surface area contributed by atoms with Gasteiger partial charge in [0.05, 0.1) is 5.69 Å². The van der Waals surface area contributed by atoms with Gasteiger partial charge in [0.25, 0.3) is 0 Å². The number of thioether (sulfide) groups is 1. The third kappa shape index (κ3) is 3.29. The lowest BCUT2D eigenvalue weighted by atomic mass is 10.1. The average Bonchev–Trinajstić information content (AvgIpc) is 2.98. The van der Waals surface area contributed by atoms with E-state index in [0.717, 1.165) is 11.3 Å². The van der Waals surface area contributed by atoms with Gasteiger partial charge in [0.15, 0.2) is 0 Å². The highest BCUT2D eigenvalue weighted by molar-refractivity contribution is 8.13. The fraction of sp³-hybridized carbons (Fsp3) is 0.188. The van der Waals surface area contributed by atoms with Gasteiger partial charge in [-0.1, -0.05) is 41.6 Å². The van der Waals surface area contributed by atoms with Crippen molar-refractivity contribution in [2.24, 2.45) is 5.10 Å². The lowest BCUT2D eigenvalue weighted by Gasteiger charge is -2.21. The molecule has 1 aliphatic rings. The number of aryl methyl sites for hydroxylation is 1. The number of rotatable bonds is 3. The van der Waals surface area contributed by atoms with Crippen LogP contribution in [0.3, 0.4) is 0 Å². The fourth-order valence-electron chi connectivity index (χ4n) is 2.27. The molecule has 0 spiro atoms. The molecule has 23 heavy (non-hydrogen) atoms. The maximum Gasteiger partial charge on any atom is 0.205 e. The second kappa shape index (κ2) is 6.78. The minimum atomic E-state index is -0.303. The third-order valence-corrected chi connectivity index (χ3v) is 5.05. The maximum absolute atomic E-state index is 13.9. The highest BCUT2D eigenvalue weighted by atomic mass is 35.5. The van der Waals surface area contributed by atoms with Crippen molar-refractivity contribution in [3.05, 3.63) is 63.9 Å². The summed E-state index contributed by atoms with van der Waals surface area (Å²) < 4.78 is 13.9. The molecule has 2 aromatic carbocycles. The monoisotopic (exact) mass is 350 g/mol. The summed E-state index contributed by atoms with van der Waals surface area (Å²) in [6.45, 7) is 4.12. The molecule has 0 aliphatic carbocycles. The standard InChI is InChI=1S/C16H16ClFN4S/c1-10-5-3-8-15(11(10)2)22-16(19-20-21-22)23-9-12-13(17)6-4-7-14(12)18/h3-8,20-21H,9H2,1-2H3. The lowest BCUT2D eigenvalue weighted by Crippen LogP contribution is -2.40. The molecule has 2 aromatic rings. The number of anilines is 1. The first kappa shape index (κ1) is 16.1. The Morgan fingerprint density at radius 3 is 2.78 bits per heavy atom. The first-order valence-corrected chi connectivity index (χ1v) is 8.44. The van der Waals surface area contributed by atoms with Crippen LogP contribution >= 0.6 is 23.4 Å². The molecule has 120 valence electrons. The second-order valence-electron chi connectivity index (χ2n) is 5.16. The van der Waals surface area contributed by atoms with Crippen LogP contribution in [0.5, 0.6) is 0 Å². The van der Waals surface area contributed by atoms with Gasteiger partial charge in [-0.05, 0) is 43.2 Å². The van der Waals surface area contributed by atoms with E-state index in [0.29, 0.717) is 21.5 Å². The first-order valence-electron chi connectivity index (χ1n) is 7.08. The van der Waals surface area contributed by atoms with Gasteiger partial charge in [0, 0.05) is 16.3 Å². The largest absolute Gasteiger partial charge is 0.233 e. The summed E-state index contributed by atoms with van der Waals surface area (Å²) in [7, 11) is 0. The Labute approximate surface area is 143 Å². The summed E-state index contributed by atoms with van der Waals surface area (Å²) in [6.07, 6.45) is 0. The summed E-state index contributed by atoms with van der Waals surface area (Å²) in [4.78, 5) is 0. The smallest absolute Gasteiger partial charge is 0.205 e. The molecule has 0 saturated carbocycles. The number of nitrogens with zero attached hydrogens (tertiary/aromatic N) is 2. The average molecular weight is 351 g/mol. The van der Waals surface area contributed by atoms with E-state index in [2.05, 4.69) is 36.1 Å². The van der Waals surface area contributed by atoms with E-state index in [-0.39, 0.29) is 5.82 Å². The Morgan fingerprint density at radius 2 is 2.00 bits per heavy atom. The maximum atomic E-state index is 13.9. The minimum absolute atomic E-state index is 0.303. The molecule has 7 heteroatoms. The number of hydrazone groups is 1. The van der Waals surface area contributed by atoms with Crippen LogP contribution in [0.4, 0.5) is 10.1 Å². The van der Waals surface area contributed by atoms with Crippen LogP contribution in [-0.4, -0.2) is 5.17 Å². The van der Waals surface area contributed by atoms with Crippen molar-refractivity contribution >= 4 is 34.2 Å². The van der Waals surface area contributed by atoms with Crippen molar-refractivity contribution in [3.8, 4) is 0 Å². The minimum Gasteiger partial charge on any atom is -0.233 e. The Kier molecular flexibility index (Phi) is 4.75. The number of hydrazine groups is 2. The predicted octanol–water partition coefficient (Wildman–Crippen LogP) is 4.13. The second-order valence-corrected chi connectivity index (χ2v) is 6.51. The number of benzene rings is 2. The number of hydrogen-bond donors (Lipinski definition) is 2. The van der Waals surface area contributed by atoms with Crippen molar-refractivity contribution in [1.82, 2.24) is 11.1 Å². The zero-order valence-corrected chi connectivity index (χ0v) is 14.3. The van der Waals surface area contributed by atoms with Gasteiger partial charge < -0.3 is 0 Å². The molecule has 2 N–H and O–H groups in total. The molecule has 0 aromatic heterocycles. The number of halogens is 2. The zero-order valence-electron chi connectivity index (χ0n) is 12.7. The van der Waals surface area contributed by atoms with Crippen LogP contribution < -0.4 is 16.1 Å². The number of amidine groups is 1. The van der Waals surface area contributed by atoms with Gasteiger partial charge >= 0.3 is 0 Å². The highest BCUT2D eigenvalue weighted by Crippen LogP contribution is 2.29. The van der Waals surface area contributed by atoms with Crippen LogP contribution in [0.15, 0.2) is 41.5 Å². The van der Waals surface area contributed by atoms with Gasteiger partial charge in [0.1, 0.15) is 5.82 Å². The number of nitrogens with one attached hydrogen (secondary N) is 2. The first-order chi connectivity index (χ1) is 11.1. The Hall–Kier alpha value is -1.76. The molecule has 1 heterocycles. The van der Waals surface area contributed by atoms with E-state index in [4.69, 9.17) is 11.6 Å². The summed E-state index contributed by atoms with van der Waals surface area (Å²) in [5.41, 5.74) is 9.57. The van der Waals surface area contributed by atoms with E-state index >= 15 is 0 Å². The molecule has 3 rings (SSSR count). The highest BCUT2D eigenvalue weighted by Gasteiger charge is 2.22. The normalized spacial score (nSPS) is 13.9. The summed E-state index contributed by atoms with van der Waals surface area (Å²) >= 11 is 7.49. The summed E-state index contributed by atoms with van der Waals surface area (Å²) in [5.74, 6) is 0.0949. The summed E-state index contributed by atoms with van der Waals surface area (Å²) in [6, 6.07) is 10.8. The molecular weight excluding hydrogens is 335 g/mol. The van der Waals surface area contributed by atoms with Crippen molar-refractivity contribution in [1.29, 1.82) is 0 Å². The van der Waals surface area contributed by atoms with E-state index in [9.17, 15) is 4.39 Å². The zero-order chi connectivity index (χ0) is 16.4. The van der Waals surface area contributed by atoms with Crippen molar-refractivity contribution in [2.45, 2.75) is 19.6 Å². The van der Waals surface area contributed by atoms with E-state index < -0.39 is 0 Å². The molecular formula is C16H16ClFN4S. The molecule has 0 atom stereocenters. The Balaban J connectivity index is 1.79. The molecule has 0 saturated heterocycles. The molecule has 0 unspecified atom stereocenters. The molecule has 0 amide bonds. The molecule has 0 fully saturated rings. The third-order valence-electron chi connectivity index (χ3n) is 3.73. The SMILES string of the molecule is Cc1cccc(N2NNN=C2SCc2c(F)cccc2Cl)c1C.